The first kappa shape index (κ1) is 17.5. The number of hydrogen-bond acceptors (Lipinski definition) is 3. The molecule has 1 aromatic heterocycles. The Morgan fingerprint density at radius 3 is 2.48 bits per heavy atom. The van der Waals surface area contributed by atoms with E-state index in [-0.39, 0.29) is 18.2 Å². The van der Waals surface area contributed by atoms with Gasteiger partial charge in [-0.05, 0) is 49.9 Å². The minimum Gasteiger partial charge on any atom is -0.481 e. The average molecular weight is 362 g/mol. The molecule has 0 radical (unpaired) electrons. The number of amides is 1. The van der Waals surface area contributed by atoms with E-state index in [0.717, 1.165) is 18.5 Å². The van der Waals surface area contributed by atoms with Gasteiger partial charge in [-0.15, -0.1) is 0 Å². The lowest BCUT2D eigenvalue weighted by molar-refractivity contribution is -0.138. The van der Waals surface area contributed by atoms with Crippen LogP contribution < -0.4 is 0 Å². The number of nitrogens with zero attached hydrogens (tertiary/aromatic N) is 3. The number of piperidine rings is 1. The number of likely N-dealkylation sites (tertiary alicyclic amines) is 1. The second kappa shape index (κ2) is 7.27. The number of carboxylic acid groups (broad SMARTS) is 1. The SMILES string of the molecule is Cc1nn(-c2ccc(Cl)cc2)cc1C(=O)N1CCC(CC(=O)O)CC1. The molecule has 0 atom stereocenters. The van der Waals surface area contributed by atoms with Crippen molar-refractivity contribution in [2.24, 2.45) is 5.92 Å². The van der Waals surface area contributed by atoms with Gasteiger partial charge in [0.15, 0.2) is 0 Å². The molecule has 2 aromatic rings. The quantitative estimate of drug-likeness (QED) is 0.907. The number of benzene rings is 1. The number of aromatic nitrogens is 2. The number of carboxylic acids is 1. The van der Waals surface area contributed by atoms with Gasteiger partial charge in [0.2, 0.25) is 0 Å². The molecule has 3 rings (SSSR count). The van der Waals surface area contributed by atoms with Crippen LogP contribution in [0.2, 0.25) is 5.02 Å². The number of carbonyl (C=O) groups is 2. The molecule has 1 aliphatic rings. The molecular weight excluding hydrogens is 342 g/mol. The van der Waals surface area contributed by atoms with Crippen LogP contribution in [-0.4, -0.2) is 44.8 Å². The molecule has 0 bridgehead atoms. The molecule has 1 fully saturated rings. The lowest BCUT2D eigenvalue weighted by Crippen LogP contribution is -2.39. The number of hydrogen-bond donors (Lipinski definition) is 1. The monoisotopic (exact) mass is 361 g/mol. The van der Waals surface area contributed by atoms with Crippen molar-refractivity contribution in [1.29, 1.82) is 0 Å². The fourth-order valence-electron chi connectivity index (χ4n) is 3.15. The maximum atomic E-state index is 12.8. The zero-order valence-corrected chi connectivity index (χ0v) is 14.7. The largest absolute Gasteiger partial charge is 0.481 e. The van der Waals surface area contributed by atoms with Crippen molar-refractivity contribution in [3.05, 3.63) is 46.7 Å². The van der Waals surface area contributed by atoms with Crippen molar-refractivity contribution >= 4 is 23.5 Å². The molecule has 1 aromatic carbocycles. The predicted molar refractivity (Wildman–Crippen MR) is 94.2 cm³/mol. The Hall–Kier alpha value is -2.34. The van der Waals surface area contributed by atoms with Crippen molar-refractivity contribution in [3.63, 3.8) is 0 Å². The number of aryl methyl sites for hydroxylation is 1. The van der Waals surface area contributed by atoms with Crippen LogP contribution in [0.3, 0.4) is 0 Å². The lowest BCUT2D eigenvalue weighted by Gasteiger charge is -2.31. The van der Waals surface area contributed by atoms with Gasteiger partial charge in [-0.1, -0.05) is 11.6 Å². The molecule has 2 heterocycles. The molecule has 1 saturated heterocycles. The second-order valence-electron chi connectivity index (χ2n) is 6.38. The Labute approximate surface area is 151 Å². The average Bonchev–Trinajstić information content (AvgIpc) is 2.97. The highest BCUT2D eigenvalue weighted by atomic mass is 35.5. The topological polar surface area (TPSA) is 75.4 Å². The van der Waals surface area contributed by atoms with Crippen LogP contribution >= 0.6 is 11.6 Å². The van der Waals surface area contributed by atoms with Gasteiger partial charge in [-0.3, -0.25) is 9.59 Å². The van der Waals surface area contributed by atoms with E-state index in [1.165, 1.54) is 0 Å². The van der Waals surface area contributed by atoms with Gasteiger partial charge in [-0.2, -0.15) is 5.10 Å². The van der Waals surface area contributed by atoms with Crippen LogP contribution in [0.25, 0.3) is 5.69 Å². The van der Waals surface area contributed by atoms with E-state index in [1.807, 2.05) is 19.1 Å². The van der Waals surface area contributed by atoms with E-state index >= 15 is 0 Å². The summed E-state index contributed by atoms with van der Waals surface area (Å²) in [6, 6.07) is 7.26. The molecule has 0 aliphatic carbocycles. The van der Waals surface area contributed by atoms with Gasteiger partial charge in [0.05, 0.1) is 16.9 Å². The van der Waals surface area contributed by atoms with Crippen LogP contribution in [0.1, 0.15) is 35.3 Å². The van der Waals surface area contributed by atoms with Crippen LogP contribution in [0.15, 0.2) is 30.5 Å². The van der Waals surface area contributed by atoms with E-state index in [9.17, 15) is 9.59 Å². The molecule has 0 unspecified atom stereocenters. The summed E-state index contributed by atoms with van der Waals surface area (Å²) < 4.78 is 1.68. The summed E-state index contributed by atoms with van der Waals surface area (Å²) in [7, 11) is 0. The van der Waals surface area contributed by atoms with Crippen LogP contribution in [0.4, 0.5) is 0 Å². The van der Waals surface area contributed by atoms with Crippen molar-refractivity contribution in [2.45, 2.75) is 26.2 Å². The van der Waals surface area contributed by atoms with Crippen molar-refractivity contribution in [2.75, 3.05) is 13.1 Å². The van der Waals surface area contributed by atoms with Crippen molar-refractivity contribution in [3.8, 4) is 5.69 Å². The highest BCUT2D eigenvalue weighted by Crippen LogP contribution is 2.23. The summed E-state index contributed by atoms with van der Waals surface area (Å²) in [5.74, 6) is -0.671. The number of halogens is 1. The van der Waals surface area contributed by atoms with Crippen LogP contribution in [-0.2, 0) is 4.79 Å². The minimum absolute atomic E-state index is 0.0495. The molecule has 1 amide bonds. The molecule has 25 heavy (non-hydrogen) atoms. The fourth-order valence-corrected chi connectivity index (χ4v) is 3.28. The van der Waals surface area contributed by atoms with Crippen molar-refractivity contribution in [1.82, 2.24) is 14.7 Å². The van der Waals surface area contributed by atoms with Gasteiger partial charge >= 0.3 is 5.97 Å². The van der Waals surface area contributed by atoms with Gasteiger partial charge in [0.25, 0.3) is 5.91 Å². The van der Waals surface area contributed by atoms with Crippen LogP contribution in [0, 0.1) is 12.8 Å². The molecule has 1 N–H and O–H groups in total. The zero-order valence-electron chi connectivity index (χ0n) is 14.0. The summed E-state index contributed by atoms with van der Waals surface area (Å²) in [6.07, 6.45) is 3.37. The highest BCUT2D eigenvalue weighted by Gasteiger charge is 2.26. The van der Waals surface area contributed by atoms with E-state index < -0.39 is 5.97 Å². The van der Waals surface area contributed by atoms with Gasteiger partial charge in [-0.25, -0.2) is 4.68 Å². The molecule has 0 spiro atoms. The Balaban J connectivity index is 1.71. The van der Waals surface area contributed by atoms with E-state index in [2.05, 4.69) is 5.10 Å². The summed E-state index contributed by atoms with van der Waals surface area (Å²) in [5, 5.41) is 14.0. The van der Waals surface area contributed by atoms with E-state index in [0.29, 0.717) is 29.4 Å². The first-order valence-electron chi connectivity index (χ1n) is 8.27. The standard InChI is InChI=1S/C18H20ClN3O3/c1-12-16(11-22(20-12)15-4-2-14(19)3-5-15)18(25)21-8-6-13(7-9-21)10-17(23)24/h2-5,11,13H,6-10H2,1H3,(H,23,24). The summed E-state index contributed by atoms with van der Waals surface area (Å²) in [6.45, 7) is 2.99. The Morgan fingerprint density at radius 1 is 1.24 bits per heavy atom. The van der Waals surface area contributed by atoms with Gasteiger partial charge in [0, 0.05) is 30.7 Å². The van der Waals surface area contributed by atoms with E-state index in [4.69, 9.17) is 16.7 Å². The first-order chi connectivity index (χ1) is 11.9. The zero-order chi connectivity index (χ0) is 18.0. The Morgan fingerprint density at radius 2 is 1.88 bits per heavy atom. The Kier molecular flexibility index (Phi) is 5.08. The minimum atomic E-state index is -0.773. The van der Waals surface area contributed by atoms with Crippen LogP contribution in [0.5, 0.6) is 0 Å². The lowest BCUT2D eigenvalue weighted by atomic mass is 9.93. The molecule has 1 aliphatic heterocycles. The molecular formula is C18H20ClN3O3. The summed E-state index contributed by atoms with van der Waals surface area (Å²) in [5.41, 5.74) is 2.09. The highest BCUT2D eigenvalue weighted by molar-refractivity contribution is 6.30. The Bertz CT molecular complexity index is 777. The van der Waals surface area contributed by atoms with Gasteiger partial charge < -0.3 is 10.0 Å². The molecule has 7 heteroatoms. The number of rotatable bonds is 4. The van der Waals surface area contributed by atoms with E-state index in [1.54, 1.807) is 27.9 Å². The maximum Gasteiger partial charge on any atom is 0.303 e. The normalized spacial score (nSPS) is 15.4. The summed E-state index contributed by atoms with van der Waals surface area (Å²) >= 11 is 5.90. The predicted octanol–water partition coefficient (Wildman–Crippen LogP) is 3.16. The molecule has 6 nitrogen and oxygen atoms in total. The fraction of sp³-hybridized carbons (Fsp3) is 0.389. The number of carbonyl (C=O) groups excluding carboxylic acids is 1. The molecule has 0 saturated carbocycles. The number of aliphatic carboxylic acids is 1. The summed E-state index contributed by atoms with van der Waals surface area (Å²) in [4.78, 5) is 25.4. The molecule has 132 valence electrons. The smallest absolute Gasteiger partial charge is 0.303 e. The van der Waals surface area contributed by atoms with Crippen molar-refractivity contribution < 1.29 is 14.7 Å². The van der Waals surface area contributed by atoms with Gasteiger partial charge in [0.1, 0.15) is 0 Å². The third-order valence-electron chi connectivity index (χ3n) is 4.59. The first-order valence-corrected chi connectivity index (χ1v) is 8.65. The second-order valence-corrected chi connectivity index (χ2v) is 6.82. The third kappa shape index (κ3) is 4.02. The maximum absolute atomic E-state index is 12.8. The third-order valence-corrected chi connectivity index (χ3v) is 4.84.